The molecule has 0 fully saturated rings. The van der Waals surface area contributed by atoms with E-state index in [-0.39, 0.29) is 31.1 Å². The highest BCUT2D eigenvalue weighted by Gasteiger charge is 2.19. The summed E-state index contributed by atoms with van der Waals surface area (Å²) in [5.74, 6) is -0.842. The van der Waals surface area contributed by atoms with Gasteiger partial charge in [-0.15, -0.1) is 0 Å². The van der Waals surface area contributed by atoms with Crippen LogP contribution >= 0.6 is 0 Å². The van der Waals surface area contributed by atoms with Gasteiger partial charge in [0.15, 0.2) is 6.10 Å². The molecule has 0 aromatic rings. The second-order valence-electron chi connectivity index (χ2n) is 23.8. The first-order valence-electron chi connectivity index (χ1n) is 35.0. The van der Waals surface area contributed by atoms with Crippen LogP contribution in [-0.4, -0.2) is 37.2 Å². The van der Waals surface area contributed by atoms with Gasteiger partial charge in [0, 0.05) is 19.3 Å². The average Bonchev–Trinajstić information content (AvgIpc) is 3.44. The number of unbranched alkanes of at least 4 members (excludes halogenated alkanes) is 48. The molecule has 0 bridgehead atoms. The summed E-state index contributed by atoms with van der Waals surface area (Å²) in [6.45, 7) is 6.69. The minimum atomic E-state index is -0.771. The van der Waals surface area contributed by atoms with Crippen molar-refractivity contribution >= 4 is 17.9 Å². The van der Waals surface area contributed by atoms with Gasteiger partial charge >= 0.3 is 17.9 Å². The van der Waals surface area contributed by atoms with Crippen LogP contribution in [0.25, 0.3) is 0 Å². The van der Waals surface area contributed by atoms with Crippen LogP contribution in [0.4, 0.5) is 0 Å². The van der Waals surface area contributed by atoms with E-state index in [9.17, 15) is 14.4 Å². The van der Waals surface area contributed by atoms with Crippen LogP contribution in [0.1, 0.15) is 387 Å². The van der Waals surface area contributed by atoms with E-state index < -0.39 is 6.10 Å². The van der Waals surface area contributed by atoms with Crippen LogP contribution in [0.2, 0.25) is 0 Å². The molecule has 0 N–H and O–H groups in total. The van der Waals surface area contributed by atoms with E-state index in [1.807, 2.05) is 0 Å². The molecule has 0 radical (unpaired) electrons. The number of rotatable bonds is 65. The summed E-state index contributed by atoms with van der Waals surface area (Å²) in [5, 5.41) is 0. The Labute approximate surface area is 486 Å². The van der Waals surface area contributed by atoms with Crippen molar-refractivity contribution in [3.05, 3.63) is 36.5 Å². The quantitative estimate of drug-likeness (QED) is 0.0261. The molecule has 6 nitrogen and oxygen atoms in total. The molecule has 0 saturated carbocycles. The van der Waals surface area contributed by atoms with Gasteiger partial charge in [0.05, 0.1) is 0 Å². The lowest BCUT2D eigenvalue weighted by Gasteiger charge is -2.18. The van der Waals surface area contributed by atoms with Crippen molar-refractivity contribution < 1.29 is 28.6 Å². The molecule has 0 saturated heterocycles. The van der Waals surface area contributed by atoms with Crippen LogP contribution in [0.5, 0.6) is 0 Å². The molecule has 0 rings (SSSR count). The van der Waals surface area contributed by atoms with Gasteiger partial charge in [-0.2, -0.15) is 0 Å². The SMILES string of the molecule is CCCCCCC/C=C\C/C=C\CCCCCCCCCCCCCCCCCC(=O)OCC(COC(=O)CCCCCCCCCCCCCC)OC(=O)CCCCCCCCCCC/C=C\CCCCCCCCCC. The molecule has 0 aliphatic rings. The van der Waals surface area contributed by atoms with E-state index in [2.05, 4.69) is 57.2 Å². The molecule has 0 aromatic heterocycles. The maximum absolute atomic E-state index is 12.9. The molecule has 1 unspecified atom stereocenters. The topological polar surface area (TPSA) is 78.9 Å². The molecule has 0 aliphatic carbocycles. The summed E-state index contributed by atoms with van der Waals surface area (Å²) in [5.41, 5.74) is 0. The summed E-state index contributed by atoms with van der Waals surface area (Å²) >= 11 is 0. The Hall–Kier alpha value is -2.37. The van der Waals surface area contributed by atoms with Gasteiger partial charge in [-0.25, -0.2) is 0 Å². The van der Waals surface area contributed by atoms with E-state index >= 15 is 0 Å². The number of carbonyl (C=O) groups excluding carboxylic acids is 3. The van der Waals surface area contributed by atoms with E-state index in [1.165, 1.54) is 283 Å². The van der Waals surface area contributed by atoms with Gasteiger partial charge in [0.25, 0.3) is 0 Å². The second kappa shape index (κ2) is 67.1. The van der Waals surface area contributed by atoms with E-state index in [1.54, 1.807) is 0 Å². The summed E-state index contributed by atoms with van der Waals surface area (Å²) < 4.78 is 17.0. The predicted molar refractivity (Wildman–Crippen MR) is 339 cm³/mol. The number of hydrogen-bond donors (Lipinski definition) is 0. The fourth-order valence-corrected chi connectivity index (χ4v) is 10.6. The maximum Gasteiger partial charge on any atom is 0.306 e. The van der Waals surface area contributed by atoms with Crippen molar-refractivity contribution in [3.8, 4) is 0 Å². The van der Waals surface area contributed by atoms with Crippen LogP contribution in [-0.2, 0) is 28.6 Å². The lowest BCUT2D eigenvalue weighted by molar-refractivity contribution is -0.167. The molecule has 1 atom stereocenters. The smallest absolute Gasteiger partial charge is 0.306 e. The molecule has 0 amide bonds. The third-order valence-electron chi connectivity index (χ3n) is 15.9. The zero-order valence-electron chi connectivity index (χ0n) is 52.7. The van der Waals surface area contributed by atoms with Gasteiger partial charge in [-0.3, -0.25) is 14.4 Å². The Morgan fingerprint density at radius 2 is 0.462 bits per heavy atom. The first kappa shape index (κ1) is 75.6. The highest BCUT2D eigenvalue weighted by molar-refractivity contribution is 5.71. The van der Waals surface area contributed by atoms with Gasteiger partial charge < -0.3 is 14.2 Å². The summed E-state index contributed by atoms with van der Waals surface area (Å²) in [4.78, 5) is 38.4. The van der Waals surface area contributed by atoms with E-state index in [0.717, 1.165) is 64.2 Å². The lowest BCUT2D eigenvalue weighted by Crippen LogP contribution is -2.30. The number of carbonyl (C=O) groups is 3. The number of hydrogen-bond acceptors (Lipinski definition) is 6. The van der Waals surface area contributed by atoms with Crippen LogP contribution in [0.15, 0.2) is 36.5 Å². The molecular weight excluding hydrogens is 961 g/mol. The lowest BCUT2D eigenvalue weighted by atomic mass is 10.0. The minimum absolute atomic E-state index is 0.0675. The third kappa shape index (κ3) is 64.5. The van der Waals surface area contributed by atoms with Crippen molar-refractivity contribution in [1.29, 1.82) is 0 Å². The predicted octanol–water partition coefficient (Wildman–Crippen LogP) is 23.9. The first-order chi connectivity index (χ1) is 38.5. The molecule has 0 heterocycles. The van der Waals surface area contributed by atoms with Crippen LogP contribution < -0.4 is 0 Å². The van der Waals surface area contributed by atoms with Gasteiger partial charge in [0.2, 0.25) is 0 Å². The Bertz CT molecular complexity index is 1300. The van der Waals surface area contributed by atoms with Gasteiger partial charge in [-0.05, 0) is 77.0 Å². The molecule has 0 aliphatic heterocycles. The fraction of sp³-hybridized carbons (Fsp3) is 0.875. The zero-order valence-corrected chi connectivity index (χ0v) is 52.7. The normalized spacial score (nSPS) is 12.2. The molecule has 458 valence electrons. The Morgan fingerprint density at radius 3 is 0.718 bits per heavy atom. The number of esters is 3. The highest BCUT2D eigenvalue weighted by Crippen LogP contribution is 2.18. The summed E-state index contributed by atoms with van der Waals surface area (Å²) in [7, 11) is 0. The highest BCUT2D eigenvalue weighted by atomic mass is 16.6. The minimum Gasteiger partial charge on any atom is -0.462 e. The van der Waals surface area contributed by atoms with E-state index in [4.69, 9.17) is 14.2 Å². The maximum atomic E-state index is 12.9. The second-order valence-corrected chi connectivity index (χ2v) is 23.8. The summed E-state index contributed by atoms with van der Waals surface area (Å²) in [6, 6.07) is 0. The summed E-state index contributed by atoms with van der Waals surface area (Å²) in [6.07, 6.45) is 83.1. The van der Waals surface area contributed by atoms with Gasteiger partial charge in [-0.1, -0.05) is 327 Å². The number of ether oxygens (including phenoxy) is 3. The van der Waals surface area contributed by atoms with Gasteiger partial charge in [0.1, 0.15) is 13.2 Å². The standard InChI is InChI=1S/C72H134O6/c1-4-7-10-13-16-19-22-25-27-29-31-33-34-35-36-37-38-40-41-43-45-47-50-53-56-59-62-65-71(74)77-68-69(67-76-70(73)64-61-58-55-52-49-24-21-18-15-12-9-6-3)78-72(75)66-63-60-57-54-51-48-46-44-42-39-32-30-28-26-23-20-17-14-11-8-5-2/h22,25,29-32,69H,4-21,23-24,26-28,33-68H2,1-3H3/b25-22-,31-29-,32-30-. The largest absolute Gasteiger partial charge is 0.462 e. The average molecular weight is 1100 g/mol. The van der Waals surface area contributed by atoms with E-state index in [0.29, 0.717) is 19.3 Å². The van der Waals surface area contributed by atoms with Crippen LogP contribution in [0, 0.1) is 0 Å². The van der Waals surface area contributed by atoms with Crippen molar-refractivity contribution in [2.75, 3.05) is 13.2 Å². The first-order valence-corrected chi connectivity index (χ1v) is 35.0. The molecule has 6 heteroatoms. The van der Waals surface area contributed by atoms with Crippen molar-refractivity contribution in [3.63, 3.8) is 0 Å². The Balaban J connectivity index is 4.20. The molecule has 0 aromatic carbocycles. The fourth-order valence-electron chi connectivity index (χ4n) is 10.6. The monoisotopic (exact) mass is 1100 g/mol. The Kier molecular flexibility index (Phi) is 65.1. The van der Waals surface area contributed by atoms with Crippen molar-refractivity contribution in [1.82, 2.24) is 0 Å². The Morgan fingerprint density at radius 1 is 0.256 bits per heavy atom. The van der Waals surface area contributed by atoms with Crippen molar-refractivity contribution in [2.45, 2.75) is 393 Å². The number of allylic oxidation sites excluding steroid dienone is 6. The van der Waals surface area contributed by atoms with Crippen molar-refractivity contribution in [2.24, 2.45) is 0 Å². The molecule has 78 heavy (non-hydrogen) atoms. The molecule has 0 spiro atoms. The third-order valence-corrected chi connectivity index (χ3v) is 15.9. The molecular formula is C72H134O6. The zero-order chi connectivity index (χ0) is 56.4. The van der Waals surface area contributed by atoms with Crippen LogP contribution in [0.3, 0.4) is 0 Å².